The molecule has 0 bridgehead atoms. The molecule has 7 nitrogen and oxygen atoms in total. The fraction of sp³-hybridized carbons (Fsp3) is 0.800. The first-order valence-electron chi connectivity index (χ1n) is 5.72. The molecule has 0 aromatic carbocycles. The van der Waals surface area contributed by atoms with Crippen LogP contribution >= 0.6 is 0 Å². The molecule has 17 heavy (non-hydrogen) atoms. The van der Waals surface area contributed by atoms with Crippen LogP contribution in [0.2, 0.25) is 0 Å². The van der Waals surface area contributed by atoms with E-state index in [2.05, 4.69) is 20.3 Å². The molecular weight excluding hydrogens is 222 g/mol. The van der Waals surface area contributed by atoms with Gasteiger partial charge in [-0.2, -0.15) is 4.80 Å². The molecule has 7 heteroatoms. The van der Waals surface area contributed by atoms with E-state index >= 15 is 0 Å². The summed E-state index contributed by atoms with van der Waals surface area (Å²) in [5.74, 6) is 0.547. The average molecular weight is 239 g/mol. The minimum Gasteiger partial charge on any atom is -0.469 e. The van der Waals surface area contributed by atoms with Crippen LogP contribution in [-0.2, 0) is 23.1 Å². The van der Waals surface area contributed by atoms with E-state index in [1.165, 1.54) is 11.9 Å². The summed E-state index contributed by atoms with van der Waals surface area (Å²) in [6.07, 6.45) is 1.90. The largest absolute Gasteiger partial charge is 0.469 e. The van der Waals surface area contributed by atoms with Gasteiger partial charge in [-0.25, -0.2) is 0 Å². The Labute approximate surface area is 99.7 Å². The molecule has 1 saturated heterocycles. The summed E-state index contributed by atoms with van der Waals surface area (Å²) in [4.78, 5) is 15.1. The van der Waals surface area contributed by atoms with Crippen molar-refractivity contribution >= 4 is 5.97 Å². The van der Waals surface area contributed by atoms with Crippen molar-refractivity contribution in [2.75, 3.05) is 20.2 Å². The number of rotatable bonds is 3. The van der Waals surface area contributed by atoms with Gasteiger partial charge in [-0.05, 0) is 24.6 Å². The van der Waals surface area contributed by atoms with Crippen molar-refractivity contribution in [3.05, 3.63) is 5.82 Å². The molecule has 0 spiro atoms. The van der Waals surface area contributed by atoms with E-state index in [4.69, 9.17) is 4.74 Å². The summed E-state index contributed by atoms with van der Waals surface area (Å²) in [6, 6.07) is 0. The zero-order chi connectivity index (χ0) is 12.3. The zero-order valence-electron chi connectivity index (χ0n) is 10.2. The lowest BCUT2D eigenvalue weighted by atomic mass is 9.98. The van der Waals surface area contributed by atoms with Gasteiger partial charge in [0.05, 0.1) is 26.6 Å². The highest BCUT2D eigenvalue weighted by atomic mass is 16.5. The fourth-order valence-electron chi connectivity index (χ4n) is 2.14. The van der Waals surface area contributed by atoms with Crippen LogP contribution in [0.25, 0.3) is 0 Å². The number of nitrogens with zero attached hydrogens (tertiary/aromatic N) is 5. The number of methoxy groups -OCH3 is 1. The van der Waals surface area contributed by atoms with E-state index in [1.54, 1.807) is 7.05 Å². The summed E-state index contributed by atoms with van der Waals surface area (Å²) in [7, 11) is 3.18. The second kappa shape index (κ2) is 5.22. The molecule has 0 radical (unpaired) electrons. The maximum absolute atomic E-state index is 11.5. The number of aromatic nitrogens is 4. The van der Waals surface area contributed by atoms with Gasteiger partial charge in [-0.1, -0.05) is 0 Å². The second-order valence-electron chi connectivity index (χ2n) is 4.29. The molecule has 1 aliphatic rings. The van der Waals surface area contributed by atoms with Crippen molar-refractivity contribution in [2.45, 2.75) is 19.4 Å². The van der Waals surface area contributed by atoms with Crippen molar-refractivity contribution < 1.29 is 9.53 Å². The van der Waals surface area contributed by atoms with Crippen LogP contribution in [0.4, 0.5) is 0 Å². The van der Waals surface area contributed by atoms with Gasteiger partial charge >= 0.3 is 5.97 Å². The Morgan fingerprint density at radius 1 is 1.59 bits per heavy atom. The fourth-order valence-corrected chi connectivity index (χ4v) is 2.14. The summed E-state index contributed by atoms with van der Waals surface area (Å²) in [6.45, 7) is 2.32. The third kappa shape index (κ3) is 3.00. The minimum absolute atomic E-state index is 0.0228. The van der Waals surface area contributed by atoms with Gasteiger partial charge in [0.2, 0.25) is 0 Å². The lowest BCUT2D eigenvalue weighted by Gasteiger charge is -2.30. The van der Waals surface area contributed by atoms with Crippen LogP contribution in [0.3, 0.4) is 0 Å². The van der Waals surface area contributed by atoms with Crippen molar-refractivity contribution in [1.29, 1.82) is 0 Å². The van der Waals surface area contributed by atoms with Crippen LogP contribution in [0.15, 0.2) is 0 Å². The molecular formula is C10H17N5O2. The molecule has 2 rings (SSSR count). The smallest absolute Gasteiger partial charge is 0.309 e. The van der Waals surface area contributed by atoms with Gasteiger partial charge in [-0.3, -0.25) is 9.69 Å². The SMILES string of the molecule is COC(=O)C1CCCN(Cc2nnn(C)n2)C1. The topological polar surface area (TPSA) is 73.1 Å². The standard InChI is InChI=1S/C10H17N5O2/c1-14-12-9(11-13-14)7-15-5-3-4-8(6-15)10(16)17-2/h8H,3-7H2,1-2H3. The third-order valence-corrected chi connectivity index (χ3v) is 2.95. The Balaban J connectivity index is 1.91. The molecule has 1 unspecified atom stereocenters. The Bertz CT molecular complexity index is 392. The van der Waals surface area contributed by atoms with Gasteiger partial charge in [0, 0.05) is 6.54 Å². The summed E-state index contributed by atoms with van der Waals surface area (Å²) in [5.41, 5.74) is 0. The van der Waals surface area contributed by atoms with Gasteiger partial charge in [0.25, 0.3) is 0 Å². The van der Waals surface area contributed by atoms with Crippen molar-refractivity contribution in [2.24, 2.45) is 13.0 Å². The number of carbonyl (C=O) groups is 1. The van der Waals surface area contributed by atoms with Gasteiger partial charge in [0.1, 0.15) is 0 Å². The van der Waals surface area contributed by atoms with Crippen LogP contribution in [-0.4, -0.2) is 51.3 Å². The number of carbonyl (C=O) groups excluding carboxylic acids is 1. The summed E-state index contributed by atoms with van der Waals surface area (Å²) >= 11 is 0. The summed E-state index contributed by atoms with van der Waals surface area (Å²) < 4.78 is 4.78. The normalized spacial score (nSPS) is 21.4. The van der Waals surface area contributed by atoms with Crippen LogP contribution in [0.5, 0.6) is 0 Å². The van der Waals surface area contributed by atoms with Crippen molar-refractivity contribution in [3.8, 4) is 0 Å². The highest BCUT2D eigenvalue weighted by molar-refractivity contribution is 5.72. The number of tetrazole rings is 1. The molecule has 2 heterocycles. The first kappa shape index (κ1) is 12.0. The monoisotopic (exact) mass is 239 g/mol. The van der Waals surface area contributed by atoms with E-state index in [-0.39, 0.29) is 11.9 Å². The maximum Gasteiger partial charge on any atom is 0.309 e. The zero-order valence-corrected chi connectivity index (χ0v) is 10.2. The Hall–Kier alpha value is -1.50. The van der Waals surface area contributed by atoms with Crippen LogP contribution in [0, 0.1) is 5.92 Å². The molecule has 1 aromatic heterocycles. The van der Waals surface area contributed by atoms with E-state index in [0.29, 0.717) is 18.9 Å². The molecule has 0 amide bonds. The Kier molecular flexibility index (Phi) is 3.68. The predicted molar refractivity (Wildman–Crippen MR) is 58.8 cm³/mol. The molecule has 0 N–H and O–H groups in total. The molecule has 1 atom stereocenters. The quantitative estimate of drug-likeness (QED) is 0.668. The molecule has 1 aromatic rings. The molecule has 0 saturated carbocycles. The van der Waals surface area contributed by atoms with E-state index < -0.39 is 0 Å². The van der Waals surface area contributed by atoms with Crippen molar-refractivity contribution in [1.82, 2.24) is 25.1 Å². The van der Waals surface area contributed by atoms with E-state index in [0.717, 1.165) is 19.4 Å². The summed E-state index contributed by atoms with van der Waals surface area (Å²) in [5, 5.41) is 11.9. The highest BCUT2D eigenvalue weighted by Gasteiger charge is 2.26. The predicted octanol–water partition coefficient (Wildman–Crippen LogP) is -0.405. The van der Waals surface area contributed by atoms with Crippen LogP contribution < -0.4 is 0 Å². The molecule has 1 aliphatic heterocycles. The number of hydrogen-bond donors (Lipinski definition) is 0. The lowest BCUT2D eigenvalue weighted by Crippen LogP contribution is -2.38. The number of aryl methyl sites for hydroxylation is 1. The first-order chi connectivity index (χ1) is 8.19. The van der Waals surface area contributed by atoms with Gasteiger partial charge in [0.15, 0.2) is 5.82 Å². The highest BCUT2D eigenvalue weighted by Crippen LogP contribution is 2.18. The number of hydrogen-bond acceptors (Lipinski definition) is 6. The molecule has 1 fully saturated rings. The minimum atomic E-state index is -0.123. The van der Waals surface area contributed by atoms with Crippen molar-refractivity contribution in [3.63, 3.8) is 0 Å². The molecule has 94 valence electrons. The van der Waals surface area contributed by atoms with Crippen LogP contribution in [0.1, 0.15) is 18.7 Å². The number of piperidine rings is 1. The first-order valence-corrected chi connectivity index (χ1v) is 5.72. The molecule has 0 aliphatic carbocycles. The number of likely N-dealkylation sites (tertiary alicyclic amines) is 1. The number of esters is 1. The second-order valence-corrected chi connectivity index (χ2v) is 4.29. The Morgan fingerprint density at radius 3 is 3.06 bits per heavy atom. The maximum atomic E-state index is 11.5. The van der Waals surface area contributed by atoms with E-state index in [1.807, 2.05) is 0 Å². The van der Waals surface area contributed by atoms with Gasteiger partial charge < -0.3 is 4.74 Å². The average Bonchev–Trinajstić information content (AvgIpc) is 2.74. The van der Waals surface area contributed by atoms with E-state index in [9.17, 15) is 4.79 Å². The third-order valence-electron chi connectivity index (χ3n) is 2.95. The van der Waals surface area contributed by atoms with Gasteiger partial charge in [-0.15, -0.1) is 10.2 Å². The lowest BCUT2D eigenvalue weighted by molar-refractivity contribution is -0.147. The Morgan fingerprint density at radius 2 is 2.41 bits per heavy atom. The number of ether oxygens (including phenoxy) is 1.